The third-order valence-corrected chi connectivity index (χ3v) is 3.77. The fourth-order valence-electron chi connectivity index (χ4n) is 2.08. The van der Waals surface area contributed by atoms with E-state index in [1.165, 1.54) is 0 Å². The number of hydroxylamine groups is 1. The number of rotatable bonds is 7. The van der Waals surface area contributed by atoms with Crippen LogP contribution in [0.5, 0.6) is 11.5 Å². The summed E-state index contributed by atoms with van der Waals surface area (Å²) in [5.41, 5.74) is -0.265. The number of benzene rings is 2. The largest absolute Gasteiger partial charge is 0.467 e. The maximum Gasteiger partial charge on any atom is 0.416 e. The van der Waals surface area contributed by atoms with Gasteiger partial charge >= 0.3 is 12.1 Å². The van der Waals surface area contributed by atoms with Crippen LogP contribution < -0.4 is 10.2 Å². The number of nitrogens with zero attached hydrogens (tertiary/aromatic N) is 1. The van der Waals surface area contributed by atoms with Gasteiger partial charge in [-0.3, -0.25) is 19.7 Å². The quantitative estimate of drug-likeness (QED) is 0.388. The first-order chi connectivity index (χ1) is 14.0. The summed E-state index contributed by atoms with van der Waals surface area (Å²) in [6.07, 6.45) is -4.61. The minimum absolute atomic E-state index is 0.125. The molecule has 2 rings (SSSR count). The molecule has 0 saturated carbocycles. The number of alkyl halides is 3. The normalized spacial score (nSPS) is 11.0. The van der Waals surface area contributed by atoms with E-state index in [1.54, 1.807) is 0 Å². The van der Waals surface area contributed by atoms with Crippen molar-refractivity contribution in [3.63, 3.8) is 0 Å². The first kappa shape index (κ1) is 22.9. The third-order valence-electron chi connectivity index (χ3n) is 3.48. The summed E-state index contributed by atoms with van der Waals surface area (Å²) < 4.78 is 47.8. The Kier molecular flexibility index (Phi) is 7.19. The Morgan fingerprint density at radius 2 is 1.90 bits per heavy atom. The highest BCUT2D eigenvalue weighted by Gasteiger charge is 2.31. The lowest BCUT2D eigenvalue weighted by molar-refractivity contribution is -0.385. The summed E-state index contributed by atoms with van der Waals surface area (Å²) in [6, 6.07) is 5.38. The van der Waals surface area contributed by atoms with Gasteiger partial charge in [0.2, 0.25) is 0 Å². The van der Waals surface area contributed by atoms with Crippen molar-refractivity contribution in [2.75, 3.05) is 13.7 Å². The Labute approximate surface area is 171 Å². The Bertz CT molecular complexity index is 982. The lowest BCUT2D eigenvalue weighted by Gasteiger charge is -2.12. The molecule has 0 fully saturated rings. The van der Waals surface area contributed by atoms with Crippen LogP contribution in [0.2, 0.25) is 5.02 Å². The molecule has 1 amide bonds. The summed E-state index contributed by atoms with van der Waals surface area (Å²) in [5, 5.41) is 10.8. The Morgan fingerprint density at radius 1 is 1.20 bits per heavy atom. The number of esters is 1. The van der Waals surface area contributed by atoms with Crippen LogP contribution in [0, 0.1) is 10.1 Å². The van der Waals surface area contributed by atoms with Gasteiger partial charge in [-0.05, 0) is 24.3 Å². The van der Waals surface area contributed by atoms with E-state index in [2.05, 4.69) is 9.57 Å². The average Bonchev–Trinajstić information content (AvgIpc) is 2.68. The fourth-order valence-corrected chi connectivity index (χ4v) is 2.30. The van der Waals surface area contributed by atoms with E-state index >= 15 is 0 Å². The van der Waals surface area contributed by atoms with Crippen LogP contribution in [-0.2, 0) is 20.5 Å². The number of methoxy groups -OCH3 is 1. The number of carbonyl (C=O) groups is 2. The molecule has 0 aliphatic heterocycles. The highest BCUT2D eigenvalue weighted by atomic mass is 35.5. The van der Waals surface area contributed by atoms with Gasteiger partial charge in [0.05, 0.1) is 22.6 Å². The zero-order valence-electron chi connectivity index (χ0n) is 15.0. The van der Waals surface area contributed by atoms with E-state index in [9.17, 15) is 32.9 Å². The molecule has 0 spiro atoms. The predicted octanol–water partition coefficient (Wildman–Crippen LogP) is 3.89. The molecule has 160 valence electrons. The van der Waals surface area contributed by atoms with Gasteiger partial charge < -0.3 is 9.47 Å². The van der Waals surface area contributed by atoms with Crippen molar-refractivity contribution in [2.24, 2.45) is 0 Å². The second kappa shape index (κ2) is 9.41. The number of amides is 1. The molecular weight excluding hydrogens is 437 g/mol. The summed E-state index contributed by atoms with van der Waals surface area (Å²) in [7, 11) is 1.09. The van der Waals surface area contributed by atoms with E-state index in [4.69, 9.17) is 16.3 Å². The van der Waals surface area contributed by atoms with Gasteiger partial charge in [-0.1, -0.05) is 11.6 Å². The van der Waals surface area contributed by atoms with E-state index < -0.39 is 46.4 Å². The second-order valence-corrected chi connectivity index (χ2v) is 5.88. The average molecular weight is 449 g/mol. The maximum atomic E-state index is 12.7. The van der Waals surface area contributed by atoms with Crippen LogP contribution in [-0.4, -0.2) is 30.5 Å². The monoisotopic (exact) mass is 448 g/mol. The van der Waals surface area contributed by atoms with E-state index in [0.29, 0.717) is 6.07 Å². The minimum Gasteiger partial charge on any atom is -0.467 e. The van der Waals surface area contributed by atoms with Gasteiger partial charge in [0, 0.05) is 12.1 Å². The molecule has 0 saturated heterocycles. The third kappa shape index (κ3) is 5.81. The van der Waals surface area contributed by atoms with Crippen molar-refractivity contribution < 1.29 is 42.0 Å². The highest BCUT2D eigenvalue weighted by molar-refractivity contribution is 6.32. The molecule has 0 aromatic heterocycles. The SMILES string of the molecule is COC(=O)CONC(=O)c1cc(Oc2ccc(C(F)(F)F)cc2Cl)ccc1[N+](=O)[O-]. The number of halogens is 4. The summed E-state index contributed by atoms with van der Waals surface area (Å²) in [6.45, 7) is -0.645. The fraction of sp³-hybridized carbons (Fsp3) is 0.176. The van der Waals surface area contributed by atoms with Crippen molar-refractivity contribution in [2.45, 2.75) is 6.18 Å². The molecule has 1 N–H and O–H groups in total. The van der Waals surface area contributed by atoms with Crippen molar-refractivity contribution in [1.82, 2.24) is 5.48 Å². The molecule has 2 aromatic carbocycles. The number of carbonyl (C=O) groups excluding carboxylic acids is 2. The lowest BCUT2D eigenvalue weighted by Crippen LogP contribution is -2.27. The van der Waals surface area contributed by atoms with Gasteiger partial charge in [-0.25, -0.2) is 10.3 Å². The Hall–Kier alpha value is -3.38. The minimum atomic E-state index is -4.61. The summed E-state index contributed by atoms with van der Waals surface area (Å²) >= 11 is 5.81. The van der Waals surface area contributed by atoms with Crippen LogP contribution in [0.4, 0.5) is 18.9 Å². The molecule has 2 aromatic rings. The molecule has 0 aliphatic carbocycles. The molecule has 0 atom stereocenters. The molecule has 0 bridgehead atoms. The molecule has 30 heavy (non-hydrogen) atoms. The van der Waals surface area contributed by atoms with Crippen molar-refractivity contribution in [1.29, 1.82) is 0 Å². The van der Waals surface area contributed by atoms with E-state index in [-0.39, 0.29) is 16.5 Å². The van der Waals surface area contributed by atoms with Crippen LogP contribution in [0.25, 0.3) is 0 Å². The molecule has 0 unspecified atom stereocenters. The van der Waals surface area contributed by atoms with Gasteiger partial charge in [-0.15, -0.1) is 0 Å². The molecule has 0 heterocycles. The van der Waals surface area contributed by atoms with Crippen molar-refractivity contribution in [3.05, 3.63) is 62.7 Å². The predicted molar refractivity (Wildman–Crippen MR) is 95.1 cm³/mol. The second-order valence-electron chi connectivity index (χ2n) is 5.48. The van der Waals surface area contributed by atoms with Gasteiger partial charge in [0.25, 0.3) is 11.6 Å². The number of nitrogens with one attached hydrogen (secondary N) is 1. The highest BCUT2D eigenvalue weighted by Crippen LogP contribution is 2.37. The molecule has 13 heteroatoms. The van der Waals surface area contributed by atoms with Gasteiger partial charge in [0.1, 0.15) is 17.1 Å². The molecule has 0 radical (unpaired) electrons. The zero-order chi connectivity index (χ0) is 22.5. The van der Waals surface area contributed by atoms with Crippen LogP contribution in [0.15, 0.2) is 36.4 Å². The van der Waals surface area contributed by atoms with E-state index in [0.717, 1.165) is 37.4 Å². The topological polar surface area (TPSA) is 117 Å². The number of ether oxygens (including phenoxy) is 2. The van der Waals surface area contributed by atoms with Crippen molar-refractivity contribution >= 4 is 29.2 Å². The molecule has 0 aliphatic rings. The lowest BCUT2D eigenvalue weighted by atomic mass is 10.1. The first-order valence-electron chi connectivity index (χ1n) is 7.85. The number of nitro groups is 1. The smallest absolute Gasteiger partial charge is 0.416 e. The first-order valence-corrected chi connectivity index (χ1v) is 8.22. The van der Waals surface area contributed by atoms with E-state index in [1.807, 2.05) is 5.48 Å². The maximum absolute atomic E-state index is 12.7. The van der Waals surface area contributed by atoms with Crippen LogP contribution in [0.1, 0.15) is 15.9 Å². The Balaban J connectivity index is 2.26. The summed E-state index contributed by atoms with van der Waals surface area (Å²) in [4.78, 5) is 38.0. The number of nitro benzene ring substituents is 1. The summed E-state index contributed by atoms with van der Waals surface area (Å²) in [5.74, 6) is -2.18. The molecule has 9 nitrogen and oxygen atoms in total. The van der Waals surface area contributed by atoms with Crippen LogP contribution >= 0.6 is 11.6 Å². The van der Waals surface area contributed by atoms with Crippen LogP contribution in [0.3, 0.4) is 0 Å². The zero-order valence-corrected chi connectivity index (χ0v) is 15.7. The van der Waals surface area contributed by atoms with Gasteiger partial charge in [-0.2, -0.15) is 13.2 Å². The standard InChI is InChI=1S/C17H12ClF3N2O7/c1-28-15(24)8-29-22-16(25)11-7-10(3-4-13(11)23(26)27)30-14-5-2-9(6-12(14)18)17(19,20)21/h2-7H,8H2,1H3,(H,22,25). The Morgan fingerprint density at radius 3 is 2.47 bits per heavy atom. The number of hydrogen-bond donors (Lipinski definition) is 1. The van der Waals surface area contributed by atoms with Crippen molar-refractivity contribution in [3.8, 4) is 11.5 Å². The molecular formula is C17H12ClF3N2O7. The number of hydrogen-bond acceptors (Lipinski definition) is 7. The van der Waals surface area contributed by atoms with Gasteiger partial charge in [0.15, 0.2) is 6.61 Å².